The van der Waals surface area contributed by atoms with Crippen molar-refractivity contribution in [2.75, 3.05) is 24.5 Å². The molecule has 1 aromatic rings. The lowest BCUT2D eigenvalue weighted by molar-refractivity contribution is -0.131. The van der Waals surface area contributed by atoms with E-state index >= 15 is 0 Å². The highest BCUT2D eigenvalue weighted by Gasteiger charge is 2.18. The highest BCUT2D eigenvalue weighted by Crippen LogP contribution is 2.21. The number of aryl methyl sites for hydroxylation is 2. The van der Waals surface area contributed by atoms with Gasteiger partial charge in [0.2, 0.25) is 11.8 Å². The van der Waals surface area contributed by atoms with Gasteiger partial charge >= 0.3 is 0 Å². The van der Waals surface area contributed by atoms with Gasteiger partial charge in [0.15, 0.2) is 0 Å². The van der Waals surface area contributed by atoms with Crippen molar-refractivity contribution in [3.63, 3.8) is 0 Å². The molecule has 1 aromatic carbocycles. The first-order valence-corrected chi connectivity index (χ1v) is 8.53. The lowest BCUT2D eigenvalue weighted by Gasteiger charge is -2.26. The number of hydrogen-bond acceptors (Lipinski definition) is 2. The molecule has 2 amide bonds. The summed E-state index contributed by atoms with van der Waals surface area (Å²) in [6.07, 6.45) is 2.28. The van der Waals surface area contributed by atoms with E-state index in [0.29, 0.717) is 13.0 Å². The average Bonchev–Trinajstić information content (AvgIpc) is 2.48. The van der Waals surface area contributed by atoms with Crippen LogP contribution in [0.15, 0.2) is 18.2 Å². The van der Waals surface area contributed by atoms with Crippen molar-refractivity contribution < 1.29 is 9.59 Å². The van der Waals surface area contributed by atoms with Crippen LogP contribution in [0.1, 0.15) is 51.2 Å². The summed E-state index contributed by atoms with van der Waals surface area (Å²) in [5.74, 6) is 0.104. The molecule has 0 bridgehead atoms. The molecule has 0 fully saturated rings. The summed E-state index contributed by atoms with van der Waals surface area (Å²) in [6.45, 7) is 11.8. The Balaban J connectivity index is 2.80. The average molecular weight is 318 g/mol. The molecule has 0 saturated carbocycles. The first kappa shape index (κ1) is 19.2. The van der Waals surface area contributed by atoms with Crippen molar-refractivity contribution in [2.24, 2.45) is 0 Å². The second kappa shape index (κ2) is 9.33. The number of anilines is 1. The second-order valence-corrected chi connectivity index (χ2v) is 6.09. The van der Waals surface area contributed by atoms with Crippen LogP contribution in [0, 0.1) is 13.8 Å². The molecule has 0 aliphatic rings. The van der Waals surface area contributed by atoms with E-state index in [1.807, 2.05) is 30.9 Å². The molecule has 0 aliphatic carbocycles. The minimum atomic E-state index is -0.0257. The Kier molecular flexibility index (Phi) is 7.79. The van der Waals surface area contributed by atoms with Crippen molar-refractivity contribution in [3.05, 3.63) is 29.3 Å². The molecule has 23 heavy (non-hydrogen) atoms. The predicted molar refractivity (Wildman–Crippen MR) is 95.7 cm³/mol. The van der Waals surface area contributed by atoms with Gasteiger partial charge in [0.1, 0.15) is 0 Å². The minimum Gasteiger partial charge on any atom is -0.343 e. The van der Waals surface area contributed by atoms with Crippen molar-refractivity contribution >= 4 is 17.5 Å². The van der Waals surface area contributed by atoms with Crippen LogP contribution >= 0.6 is 0 Å². The van der Waals surface area contributed by atoms with E-state index in [-0.39, 0.29) is 11.8 Å². The van der Waals surface area contributed by atoms with Crippen LogP contribution in [0.3, 0.4) is 0 Å². The lowest BCUT2D eigenvalue weighted by Crippen LogP contribution is -2.37. The summed E-state index contributed by atoms with van der Waals surface area (Å²) >= 11 is 0. The van der Waals surface area contributed by atoms with E-state index in [4.69, 9.17) is 0 Å². The Bertz CT molecular complexity index is 534. The fraction of sp³-hybridized carbons (Fsp3) is 0.579. The zero-order valence-corrected chi connectivity index (χ0v) is 15.2. The van der Waals surface area contributed by atoms with Crippen LogP contribution in [0.25, 0.3) is 0 Å². The maximum absolute atomic E-state index is 12.4. The Labute approximate surface area is 140 Å². The van der Waals surface area contributed by atoms with Crippen molar-refractivity contribution in [2.45, 2.75) is 53.9 Å². The quantitative estimate of drug-likeness (QED) is 0.733. The number of carbonyl (C=O) groups excluding carboxylic acids is 2. The molecule has 0 atom stereocenters. The molecule has 1 rings (SSSR count). The number of hydrogen-bond donors (Lipinski definition) is 0. The summed E-state index contributed by atoms with van der Waals surface area (Å²) in [5, 5.41) is 0. The maximum Gasteiger partial charge on any atom is 0.224 e. The summed E-state index contributed by atoms with van der Waals surface area (Å²) in [7, 11) is 0. The summed E-state index contributed by atoms with van der Waals surface area (Å²) < 4.78 is 0. The molecular weight excluding hydrogens is 288 g/mol. The Morgan fingerprint density at radius 1 is 1.00 bits per heavy atom. The van der Waals surface area contributed by atoms with Crippen LogP contribution < -0.4 is 4.90 Å². The topological polar surface area (TPSA) is 40.6 Å². The van der Waals surface area contributed by atoms with Gasteiger partial charge in [-0.15, -0.1) is 0 Å². The Morgan fingerprint density at radius 2 is 1.61 bits per heavy atom. The third kappa shape index (κ3) is 5.70. The molecule has 0 unspecified atom stereocenters. The molecule has 0 aromatic heterocycles. The van der Waals surface area contributed by atoms with Gasteiger partial charge in [0.25, 0.3) is 0 Å². The van der Waals surface area contributed by atoms with Crippen LogP contribution in [-0.4, -0.2) is 36.3 Å². The van der Waals surface area contributed by atoms with Gasteiger partial charge in [-0.25, -0.2) is 0 Å². The lowest BCUT2D eigenvalue weighted by atomic mass is 10.1. The van der Waals surface area contributed by atoms with E-state index in [2.05, 4.69) is 19.9 Å². The van der Waals surface area contributed by atoms with Crippen molar-refractivity contribution in [1.29, 1.82) is 0 Å². The predicted octanol–water partition coefficient (Wildman–Crippen LogP) is 3.70. The van der Waals surface area contributed by atoms with Crippen molar-refractivity contribution in [3.8, 4) is 0 Å². The van der Waals surface area contributed by atoms with E-state index in [0.717, 1.165) is 37.2 Å². The summed E-state index contributed by atoms with van der Waals surface area (Å²) in [6, 6.07) is 6.03. The third-order valence-electron chi connectivity index (χ3n) is 3.91. The largest absolute Gasteiger partial charge is 0.343 e. The molecule has 0 spiro atoms. The highest BCUT2D eigenvalue weighted by molar-refractivity contribution is 5.93. The number of amides is 2. The summed E-state index contributed by atoms with van der Waals surface area (Å²) in [5.41, 5.74) is 3.13. The molecule has 0 saturated heterocycles. The fourth-order valence-corrected chi connectivity index (χ4v) is 2.82. The maximum atomic E-state index is 12.4. The molecule has 4 heteroatoms. The van der Waals surface area contributed by atoms with Crippen LogP contribution in [0.4, 0.5) is 5.69 Å². The normalized spacial score (nSPS) is 10.5. The number of carbonyl (C=O) groups is 2. The van der Waals surface area contributed by atoms with Gasteiger partial charge in [0, 0.05) is 38.7 Å². The smallest absolute Gasteiger partial charge is 0.224 e. The van der Waals surface area contributed by atoms with Gasteiger partial charge < -0.3 is 9.80 Å². The third-order valence-corrected chi connectivity index (χ3v) is 3.91. The molecule has 0 aliphatic heterocycles. The Morgan fingerprint density at radius 3 is 2.09 bits per heavy atom. The fourth-order valence-electron chi connectivity index (χ4n) is 2.82. The molecule has 0 N–H and O–H groups in total. The monoisotopic (exact) mass is 318 g/mol. The van der Waals surface area contributed by atoms with E-state index < -0.39 is 0 Å². The highest BCUT2D eigenvalue weighted by atomic mass is 16.2. The van der Waals surface area contributed by atoms with Gasteiger partial charge in [0.05, 0.1) is 0 Å². The zero-order chi connectivity index (χ0) is 17.4. The Hall–Kier alpha value is -1.84. The van der Waals surface area contributed by atoms with E-state index in [1.165, 1.54) is 5.56 Å². The SMILES string of the molecule is CCCN(CCC)C(=O)CCN(C(C)=O)c1ccc(C)cc1C. The molecular formula is C19H30N2O2. The minimum absolute atomic E-state index is 0.0257. The second-order valence-electron chi connectivity index (χ2n) is 6.09. The van der Waals surface area contributed by atoms with Gasteiger partial charge in [-0.1, -0.05) is 31.5 Å². The zero-order valence-electron chi connectivity index (χ0n) is 15.2. The van der Waals surface area contributed by atoms with Gasteiger partial charge in [-0.3, -0.25) is 9.59 Å². The first-order valence-electron chi connectivity index (χ1n) is 8.53. The van der Waals surface area contributed by atoms with Crippen molar-refractivity contribution in [1.82, 2.24) is 4.90 Å². The molecule has 0 radical (unpaired) electrons. The first-order chi connectivity index (χ1) is 10.9. The molecule has 128 valence electrons. The summed E-state index contributed by atoms with van der Waals surface area (Å²) in [4.78, 5) is 28.0. The number of nitrogens with zero attached hydrogens (tertiary/aromatic N) is 2. The van der Waals surface area contributed by atoms with Gasteiger partial charge in [-0.2, -0.15) is 0 Å². The molecule has 0 heterocycles. The number of rotatable bonds is 8. The van der Waals surface area contributed by atoms with E-state index in [1.54, 1.807) is 11.8 Å². The van der Waals surface area contributed by atoms with E-state index in [9.17, 15) is 9.59 Å². The molecule has 4 nitrogen and oxygen atoms in total. The van der Waals surface area contributed by atoms with Gasteiger partial charge in [-0.05, 0) is 38.3 Å². The van der Waals surface area contributed by atoms with Crippen LogP contribution in [-0.2, 0) is 9.59 Å². The van der Waals surface area contributed by atoms with Crippen LogP contribution in [0.2, 0.25) is 0 Å². The standard InChI is InChI=1S/C19H30N2O2/c1-6-11-20(12-7-2)19(23)10-13-21(17(5)22)18-9-8-15(3)14-16(18)4/h8-9,14H,6-7,10-13H2,1-5H3. The number of benzene rings is 1. The van der Waals surface area contributed by atoms with Crippen LogP contribution in [0.5, 0.6) is 0 Å².